The molecule has 0 radical (unpaired) electrons. The van der Waals surface area contributed by atoms with Crippen molar-refractivity contribution in [1.82, 2.24) is 4.90 Å². The van der Waals surface area contributed by atoms with Gasteiger partial charge in [0.2, 0.25) is 0 Å². The minimum Gasteiger partial charge on any atom is -0.368 e. The molecule has 1 amide bonds. The molecule has 0 N–H and O–H groups in total. The lowest BCUT2D eigenvalue weighted by Crippen LogP contribution is -2.49. The summed E-state index contributed by atoms with van der Waals surface area (Å²) in [5, 5.41) is 0.814. The highest BCUT2D eigenvalue weighted by molar-refractivity contribution is 6.39. The SMILES string of the molecule is Cc1cccc(N2CCN(C(=O)c3c(Cl)cccc3Cl)CC2)c1C. The fourth-order valence-electron chi connectivity index (χ4n) is 3.09. The summed E-state index contributed by atoms with van der Waals surface area (Å²) in [5.41, 5.74) is 4.24. The zero-order valence-corrected chi connectivity index (χ0v) is 15.4. The molecular weight excluding hydrogens is 343 g/mol. The summed E-state index contributed by atoms with van der Waals surface area (Å²) < 4.78 is 0. The number of piperazine rings is 1. The highest BCUT2D eigenvalue weighted by Gasteiger charge is 2.25. The second kappa shape index (κ2) is 7.04. The minimum atomic E-state index is -0.0915. The Kier molecular flexibility index (Phi) is 5.02. The third-order valence-corrected chi connectivity index (χ3v) is 5.29. The van der Waals surface area contributed by atoms with E-state index in [-0.39, 0.29) is 5.91 Å². The molecule has 1 heterocycles. The molecule has 0 bridgehead atoms. The van der Waals surface area contributed by atoms with Gasteiger partial charge in [0.15, 0.2) is 0 Å². The zero-order chi connectivity index (χ0) is 17.3. The Morgan fingerprint density at radius 2 is 1.50 bits per heavy atom. The molecule has 0 spiro atoms. The molecule has 5 heteroatoms. The maximum atomic E-state index is 12.7. The predicted octanol–water partition coefficient (Wildman–Crippen LogP) is 4.57. The topological polar surface area (TPSA) is 23.6 Å². The quantitative estimate of drug-likeness (QED) is 0.780. The van der Waals surface area contributed by atoms with Crippen molar-refractivity contribution in [3.05, 3.63) is 63.1 Å². The van der Waals surface area contributed by atoms with Gasteiger partial charge in [-0.2, -0.15) is 0 Å². The van der Waals surface area contributed by atoms with Crippen molar-refractivity contribution in [2.45, 2.75) is 13.8 Å². The maximum Gasteiger partial charge on any atom is 0.257 e. The van der Waals surface area contributed by atoms with Gasteiger partial charge in [-0.15, -0.1) is 0 Å². The van der Waals surface area contributed by atoms with Crippen molar-refractivity contribution in [3.63, 3.8) is 0 Å². The number of carbonyl (C=O) groups is 1. The van der Waals surface area contributed by atoms with Gasteiger partial charge in [-0.1, -0.05) is 41.4 Å². The molecule has 126 valence electrons. The summed E-state index contributed by atoms with van der Waals surface area (Å²) >= 11 is 12.3. The summed E-state index contributed by atoms with van der Waals surface area (Å²) in [6.45, 7) is 7.20. The molecule has 1 aliphatic heterocycles. The zero-order valence-electron chi connectivity index (χ0n) is 13.9. The van der Waals surface area contributed by atoms with Crippen LogP contribution in [0.1, 0.15) is 21.5 Å². The molecule has 0 unspecified atom stereocenters. The molecule has 0 saturated carbocycles. The number of nitrogens with zero attached hydrogens (tertiary/aromatic N) is 2. The molecule has 3 nitrogen and oxygen atoms in total. The Morgan fingerprint density at radius 3 is 2.12 bits per heavy atom. The molecule has 2 aromatic rings. The summed E-state index contributed by atoms with van der Waals surface area (Å²) in [6.07, 6.45) is 0. The number of hydrogen-bond acceptors (Lipinski definition) is 2. The second-order valence-electron chi connectivity index (χ2n) is 6.09. The maximum absolute atomic E-state index is 12.7. The van der Waals surface area contributed by atoms with Crippen LogP contribution in [0.15, 0.2) is 36.4 Å². The number of hydrogen-bond donors (Lipinski definition) is 0. The summed E-state index contributed by atoms with van der Waals surface area (Å²) in [5.74, 6) is -0.0915. The van der Waals surface area contributed by atoms with Crippen LogP contribution in [0.4, 0.5) is 5.69 Å². The standard InChI is InChI=1S/C19H20Cl2N2O/c1-13-5-3-8-17(14(13)2)22-9-11-23(12-10-22)19(24)18-15(20)6-4-7-16(18)21/h3-8H,9-12H2,1-2H3. The Bertz CT molecular complexity index is 748. The van der Waals surface area contributed by atoms with Gasteiger partial charge < -0.3 is 9.80 Å². The summed E-state index contributed by atoms with van der Waals surface area (Å²) in [7, 11) is 0. The molecular formula is C19H20Cl2N2O. The summed E-state index contributed by atoms with van der Waals surface area (Å²) in [4.78, 5) is 16.9. The first-order valence-electron chi connectivity index (χ1n) is 8.03. The van der Waals surface area contributed by atoms with E-state index in [4.69, 9.17) is 23.2 Å². The number of aryl methyl sites for hydroxylation is 1. The molecule has 24 heavy (non-hydrogen) atoms. The Balaban J connectivity index is 1.73. The molecule has 2 aromatic carbocycles. The highest BCUT2D eigenvalue weighted by atomic mass is 35.5. The van der Waals surface area contributed by atoms with E-state index < -0.39 is 0 Å². The number of anilines is 1. The first kappa shape index (κ1) is 17.1. The fourth-order valence-corrected chi connectivity index (χ4v) is 3.65. The largest absolute Gasteiger partial charge is 0.368 e. The van der Waals surface area contributed by atoms with Crippen LogP contribution >= 0.6 is 23.2 Å². The van der Waals surface area contributed by atoms with E-state index in [0.717, 1.165) is 13.1 Å². The lowest BCUT2D eigenvalue weighted by Gasteiger charge is -2.37. The van der Waals surface area contributed by atoms with Crippen molar-refractivity contribution in [2.75, 3.05) is 31.1 Å². The number of benzene rings is 2. The van der Waals surface area contributed by atoms with Crippen LogP contribution in [-0.2, 0) is 0 Å². The lowest BCUT2D eigenvalue weighted by molar-refractivity contribution is 0.0747. The average molecular weight is 363 g/mol. The van der Waals surface area contributed by atoms with Crippen molar-refractivity contribution in [3.8, 4) is 0 Å². The fraction of sp³-hybridized carbons (Fsp3) is 0.316. The van der Waals surface area contributed by atoms with Gasteiger partial charge in [0.25, 0.3) is 5.91 Å². The smallest absolute Gasteiger partial charge is 0.257 e. The van der Waals surface area contributed by atoms with Crippen LogP contribution in [-0.4, -0.2) is 37.0 Å². The third kappa shape index (κ3) is 3.24. The first-order valence-corrected chi connectivity index (χ1v) is 8.79. The van der Waals surface area contributed by atoms with E-state index >= 15 is 0 Å². The molecule has 0 aliphatic carbocycles. The van der Waals surface area contributed by atoms with Gasteiger partial charge in [-0.3, -0.25) is 4.79 Å². The van der Waals surface area contributed by atoms with Crippen LogP contribution in [0.2, 0.25) is 10.0 Å². The van der Waals surface area contributed by atoms with Crippen molar-refractivity contribution >= 4 is 34.8 Å². The third-order valence-electron chi connectivity index (χ3n) is 4.66. The predicted molar refractivity (Wildman–Crippen MR) is 100 cm³/mol. The van der Waals surface area contributed by atoms with Gasteiger partial charge in [-0.25, -0.2) is 0 Å². The molecule has 0 atom stereocenters. The number of amides is 1. The van der Waals surface area contributed by atoms with Gasteiger partial charge in [0.05, 0.1) is 15.6 Å². The Labute approximate surface area is 152 Å². The van der Waals surface area contributed by atoms with Crippen LogP contribution in [0.5, 0.6) is 0 Å². The van der Waals surface area contributed by atoms with E-state index in [0.29, 0.717) is 28.7 Å². The second-order valence-corrected chi connectivity index (χ2v) is 6.91. The van der Waals surface area contributed by atoms with E-state index in [2.05, 4.69) is 36.9 Å². The first-order chi connectivity index (χ1) is 11.5. The van der Waals surface area contributed by atoms with Gasteiger partial charge in [0, 0.05) is 31.9 Å². The van der Waals surface area contributed by atoms with Crippen molar-refractivity contribution in [2.24, 2.45) is 0 Å². The summed E-state index contributed by atoms with van der Waals surface area (Å²) in [6, 6.07) is 11.5. The van der Waals surface area contributed by atoms with Crippen LogP contribution in [0, 0.1) is 13.8 Å². The highest BCUT2D eigenvalue weighted by Crippen LogP contribution is 2.28. The number of rotatable bonds is 2. The monoisotopic (exact) mass is 362 g/mol. The van der Waals surface area contributed by atoms with Gasteiger partial charge >= 0.3 is 0 Å². The minimum absolute atomic E-state index is 0.0915. The van der Waals surface area contributed by atoms with Crippen molar-refractivity contribution in [1.29, 1.82) is 0 Å². The molecule has 1 saturated heterocycles. The molecule has 3 rings (SSSR count). The van der Waals surface area contributed by atoms with E-state index in [9.17, 15) is 4.79 Å². The van der Waals surface area contributed by atoms with Gasteiger partial charge in [0.1, 0.15) is 0 Å². The van der Waals surface area contributed by atoms with Crippen molar-refractivity contribution < 1.29 is 4.79 Å². The van der Waals surface area contributed by atoms with Crippen LogP contribution < -0.4 is 4.90 Å². The van der Waals surface area contributed by atoms with E-state index in [1.165, 1.54) is 16.8 Å². The molecule has 1 aliphatic rings. The number of halogens is 2. The molecule has 1 fully saturated rings. The molecule has 0 aromatic heterocycles. The lowest BCUT2D eigenvalue weighted by atomic mass is 10.1. The van der Waals surface area contributed by atoms with Crippen LogP contribution in [0.25, 0.3) is 0 Å². The normalized spacial score (nSPS) is 14.8. The van der Waals surface area contributed by atoms with E-state index in [1.54, 1.807) is 18.2 Å². The average Bonchev–Trinajstić information content (AvgIpc) is 2.57. The Hall–Kier alpha value is -1.71. The Morgan fingerprint density at radius 1 is 0.917 bits per heavy atom. The van der Waals surface area contributed by atoms with Gasteiger partial charge in [-0.05, 0) is 43.2 Å². The number of carbonyl (C=O) groups excluding carboxylic acids is 1. The van der Waals surface area contributed by atoms with Crippen LogP contribution in [0.3, 0.4) is 0 Å². The van der Waals surface area contributed by atoms with E-state index in [1.807, 2.05) is 4.90 Å².